The Kier molecular flexibility index (Phi) is 5.69. The zero-order valence-electron chi connectivity index (χ0n) is 16.9. The van der Waals surface area contributed by atoms with Crippen molar-refractivity contribution >= 4 is 11.7 Å². The monoisotopic (exact) mass is 397 g/mol. The van der Waals surface area contributed by atoms with Crippen LogP contribution >= 0.6 is 0 Å². The van der Waals surface area contributed by atoms with Crippen LogP contribution < -0.4 is 10.5 Å². The van der Waals surface area contributed by atoms with Gasteiger partial charge >= 0.3 is 0 Å². The van der Waals surface area contributed by atoms with Crippen molar-refractivity contribution in [1.82, 2.24) is 9.88 Å². The van der Waals surface area contributed by atoms with E-state index in [1.807, 2.05) is 19.2 Å². The molecule has 2 aliphatic rings. The van der Waals surface area contributed by atoms with Gasteiger partial charge in [0.25, 0.3) is 5.91 Å². The SMILES string of the molecule is Cc1cc(N)ncc1C1CCN(C(=O)c2ccc(OCCC3CC3)cc2F)CC1. The number of carbonyl (C=O) groups excluding carboxylic acids is 1. The van der Waals surface area contributed by atoms with Gasteiger partial charge in [0.1, 0.15) is 17.4 Å². The van der Waals surface area contributed by atoms with Crippen molar-refractivity contribution in [3.05, 3.63) is 53.0 Å². The highest BCUT2D eigenvalue weighted by Gasteiger charge is 2.27. The van der Waals surface area contributed by atoms with Crippen molar-refractivity contribution < 1.29 is 13.9 Å². The van der Waals surface area contributed by atoms with Crippen LogP contribution in [0.4, 0.5) is 10.2 Å². The number of nitrogen functional groups attached to an aromatic ring is 1. The molecule has 0 spiro atoms. The Bertz CT molecular complexity index is 890. The molecule has 1 saturated heterocycles. The number of nitrogens with two attached hydrogens (primary N) is 1. The summed E-state index contributed by atoms with van der Waals surface area (Å²) < 4.78 is 20.2. The van der Waals surface area contributed by atoms with Gasteiger partial charge < -0.3 is 15.4 Å². The molecule has 0 bridgehead atoms. The number of piperidine rings is 1. The van der Waals surface area contributed by atoms with Gasteiger partial charge in [-0.15, -0.1) is 0 Å². The topological polar surface area (TPSA) is 68.5 Å². The number of hydrogen-bond donors (Lipinski definition) is 1. The second kappa shape index (κ2) is 8.39. The van der Waals surface area contributed by atoms with Crippen molar-refractivity contribution in [1.29, 1.82) is 0 Å². The Morgan fingerprint density at radius 1 is 1.24 bits per heavy atom. The fourth-order valence-electron chi connectivity index (χ4n) is 4.09. The summed E-state index contributed by atoms with van der Waals surface area (Å²) in [6.07, 6.45) is 7.07. The predicted molar refractivity (Wildman–Crippen MR) is 111 cm³/mol. The van der Waals surface area contributed by atoms with Crippen LogP contribution in [-0.4, -0.2) is 35.5 Å². The van der Waals surface area contributed by atoms with Crippen LogP contribution in [0, 0.1) is 18.7 Å². The molecule has 1 aromatic heterocycles. The lowest BCUT2D eigenvalue weighted by Crippen LogP contribution is -2.38. The maximum Gasteiger partial charge on any atom is 0.256 e. The Labute approximate surface area is 171 Å². The summed E-state index contributed by atoms with van der Waals surface area (Å²) >= 11 is 0. The summed E-state index contributed by atoms with van der Waals surface area (Å²) in [5.74, 6) is 1.37. The van der Waals surface area contributed by atoms with Crippen molar-refractivity contribution in [2.75, 3.05) is 25.4 Å². The Morgan fingerprint density at radius 3 is 2.66 bits per heavy atom. The van der Waals surface area contributed by atoms with Crippen molar-refractivity contribution in [2.45, 2.75) is 44.9 Å². The van der Waals surface area contributed by atoms with Crippen molar-refractivity contribution in [3.63, 3.8) is 0 Å². The second-order valence-corrected chi connectivity index (χ2v) is 8.25. The number of aromatic nitrogens is 1. The van der Waals surface area contributed by atoms with E-state index in [1.54, 1.807) is 17.0 Å². The van der Waals surface area contributed by atoms with E-state index >= 15 is 0 Å². The molecule has 5 nitrogen and oxygen atoms in total. The molecule has 6 heteroatoms. The van der Waals surface area contributed by atoms with E-state index in [2.05, 4.69) is 4.98 Å². The first-order chi connectivity index (χ1) is 14.0. The molecule has 0 radical (unpaired) electrons. The lowest BCUT2D eigenvalue weighted by Gasteiger charge is -2.33. The number of anilines is 1. The number of carbonyl (C=O) groups is 1. The lowest BCUT2D eigenvalue weighted by molar-refractivity contribution is 0.0708. The number of aryl methyl sites for hydroxylation is 1. The molecule has 2 heterocycles. The highest BCUT2D eigenvalue weighted by molar-refractivity contribution is 5.94. The van der Waals surface area contributed by atoms with E-state index in [-0.39, 0.29) is 11.5 Å². The van der Waals surface area contributed by atoms with Gasteiger partial charge in [0.15, 0.2) is 0 Å². The van der Waals surface area contributed by atoms with Crippen LogP contribution in [0.1, 0.15) is 59.5 Å². The van der Waals surface area contributed by atoms with Gasteiger partial charge in [0.05, 0.1) is 12.2 Å². The van der Waals surface area contributed by atoms with Gasteiger partial charge in [-0.05, 0) is 67.3 Å². The molecule has 2 aromatic rings. The molecule has 1 amide bonds. The lowest BCUT2D eigenvalue weighted by atomic mass is 9.88. The first kappa shape index (κ1) is 19.7. The summed E-state index contributed by atoms with van der Waals surface area (Å²) in [4.78, 5) is 18.8. The van der Waals surface area contributed by atoms with Crippen molar-refractivity contribution in [2.24, 2.45) is 5.92 Å². The fourth-order valence-corrected chi connectivity index (χ4v) is 4.09. The van der Waals surface area contributed by atoms with Gasteiger partial charge in [-0.2, -0.15) is 0 Å². The standard InChI is InChI=1S/C23H28FN3O2/c1-15-12-22(25)26-14-20(15)17-6-9-27(10-7-17)23(28)19-5-4-18(13-21(19)24)29-11-8-16-2-3-16/h4-5,12-14,16-17H,2-3,6-11H2,1H3,(H2,25,26). The van der Waals surface area contributed by atoms with E-state index in [9.17, 15) is 9.18 Å². The maximum atomic E-state index is 14.5. The summed E-state index contributed by atoms with van der Waals surface area (Å²) in [5, 5.41) is 0. The number of benzene rings is 1. The zero-order chi connectivity index (χ0) is 20.4. The molecular weight excluding hydrogens is 369 g/mol. The van der Waals surface area contributed by atoms with E-state index in [1.165, 1.54) is 24.5 Å². The smallest absolute Gasteiger partial charge is 0.256 e. The summed E-state index contributed by atoms with van der Waals surface area (Å²) in [6.45, 7) is 3.84. The first-order valence-corrected chi connectivity index (χ1v) is 10.4. The van der Waals surface area contributed by atoms with Crippen molar-refractivity contribution in [3.8, 4) is 5.75 Å². The molecule has 154 valence electrons. The number of amides is 1. The number of likely N-dealkylation sites (tertiary alicyclic amines) is 1. The maximum absolute atomic E-state index is 14.5. The summed E-state index contributed by atoms with van der Waals surface area (Å²) in [7, 11) is 0. The van der Waals surface area contributed by atoms with Crippen LogP contribution in [0.2, 0.25) is 0 Å². The number of rotatable bonds is 6. The highest BCUT2D eigenvalue weighted by atomic mass is 19.1. The van der Waals surface area contributed by atoms with Crippen LogP contribution in [-0.2, 0) is 0 Å². The highest BCUT2D eigenvalue weighted by Crippen LogP contribution is 2.33. The van der Waals surface area contributed by atoms with Gasteiger partial charge in [-0.1, -0.05) is 12.8 Å². The van der Waals surface area contributed by atoms with Crippen LogP contribution in [0.3, 0.4) is 0 Å². The first-order valence-electron chi connectivity index (χ1n) is 10.4. The van der Waals surface area contributed by atoms with E-state index in [0.717, 1.165) is 30.7 Å². The molecule has 2 N–H and O–H groups in total. The number of hydrogen-bond acceptors (Lipinski definition) is 4. The number of halogens is 1. The van der Waals surface area contributed by atoms with E-state index in [4.69, 9.17) is 10.5 Å². The van der Waals surface area contributed by atoms with E-state index < -0.39 is 5.82 Å². The Balaban J connectivity index is 1.35. The largest absolute Gasteiger partial charge is 0.493 e. The third-order valence-corrected chi connectivity index (χ3v) is 6.06. The van der Waals surface area contributed by atoms with Gasteiger partial charge in [0.2, 0.25) is 0 Å². The number of pyridine rings is 1. The van der Waals surface area contributed by atoms with Crippen LogP contribution in [0.25, 0.3) is 0 Å². The predicted octanol–water partition coefficient (Wildman–Crippen LogP) is 4.31. The molecular formula is C23H28FN3O2. The fraction of sp³-hybridized carbons (Fsp3) is 0.478. The average molecular weight is 397 g/mol. The average Bonchev–Trinajstić information content (AvgIpc) is 3.52. The Hall–Kier alpha value is -2.63. The molecule has 4 rings (SSSR count). The normalized spacial score (nSPS) is 17.4. The number of nitrogens with zero attached hydrogens (tertiary/aromatic N) is 2. The molecule has 2 fully saturated rings. The van der Waals surface area contributed by atoms with Gasteiger partial charge in [0, 0.05) is 25.4 Å². The summed E-state index contributed by atoms with van der Waals surface area (Å²) in [5.41, 5.74) is 8.17. The minimum atomic E-state index is -0.514. The minimum Gasteiger partial charge on any atom is -0.493 e. The van der Waals surface area contributed by atoms with Crippen LogP contribution in [0.15, 0.2) is 30.5 Å². The zero-order valence-corrected chi connectivity index (χ0v) is 16.9. The molecule has 0 atom stereocenters. The molecule has 0 unspecified atom stereocenters. The summed E-state index contributed by atoms with van der Waals surface area (Å²) in [6, 6.07) is 6.45. The molecule has 1 aromatic carbocycles. The third-order valence-electron chi connectivity index (χ3n) is 6.06. The van der Waals surface area contributed by atoms with Gasteiger partial charge in [-0.25, -0.2) is 9.37 Å². The van der Waals surface area contributed by atoms with E-state index in [0.29, 0.717) is 37.2 Å². The second-order valence-electron chi connectivity index (χ2n) is 8.25. The number of ether oxygens (including phenoxy) is 1. The minimum absolute atomic E-state index is 0.114. The molecule has 1 saturated carbocycles. The molecule has 1 aliphatic heterocycles. The Morgan fingerprint density at radius 2 is 2.00 bits per heavy atom. The quantitative estimate of drug-likeness (QED) is 0.789. The molecule has 29 heavy (non-hydrogen) atoms. The van der Waals surface area contributed by atoms with Gasteiger partial charge in [-0.3, -0.25) is 4.79 Å². The molecule has 1 aliphatic carbocycles. The third kappa shape index (κ3) is 4.69. The van der Waals surface area contributed by atoms with Crippen LogP contribution in [0.5, 0.6) is 5.75 Å².